The molecule has 0 saturated heterocycles. The number of benzene rings is 2. The van der Waals surface area contributed by atoms with Crippen molar-refractivity contribution in [2.75, 3.05) is 13.2 Å². The van der Waals surface area contributed by atoms with E-state index >= 15 is 0 Å². The van der Waals surface area contributed by atoms with Crippen LogP contribution in [0.3, 0.4) is 0 Å². The van der Waals surface area contributed by atoms with Gasteiger partial charge in [-0.2, -0.15) is 0 Å². The Morgan fingerprint density at radius 1 is 1.00 bits per heavy atom. The van der Waals surface area contributed by atoms with Gasteiger partial charge in [-0.1, -0.05) is 54.6 Å². The van der Waals surface area contributed by atoms with Crippen LogP contribution in [-0.4, -0.2) is 18.3 Å². The molecule has 0 radical (unpaired) electrons. The first kappa shape index (κ1) is 12.4. The van der Waals surface area contributed by atoms with E-state index in [1.807, 2.05) is 6.07 Å². The summed E-state index contributed by atoms with van der Waals surface area (Å²) < 4.78 is 0. The van der Waals surface area contributed by atoms with Crippen LogP contribution in [0.1, 0.15) is 23.1 Å². The molecule has 0 fully saturated rings. The minimum Gasteiger partial charge on any atom is -0.396 e. The maximum Gasteiger partial charge on any atom is 0.0443 e. The molecule has 2 aromatic carbocycles. The normalized spacial score (nSPS) is 21.9. The molecule has 2 aromatic rings. The fraction of sp³-hybridized carbons (Fsp3) is 0.294. The molecule has 2 nitrogen and oxygen atoms in total. The summed E-state index contributed by atoms with van der Waals surface area (Å²) in [5.74, 6) is 0. The lowest BCUT2D eigenvalue weighted by Gasteiger charge is -2.40. The molecule has 19 heavy (non-hydrogen) atoms. The second-order valence-corrected chi connectivity index (χ2v) is 5.18. The average molecular weight is 253 g/mol. The second kappa shape index (κ2) is 5.16. The van der Waals surface area contributed by atoms with Crippen molar-refractivity contribution in [2.45, 2.75) is 18.4 Å². The molecule has 98 valence electrons. The van der Waals surface area contributed by atoms with Gasteiger partial charge in [0, 0.05) is 25.1 Å². The SMILES string of the molecule is OCCC1(c2ccccc2)CNCc2ccccc21. The summed E-state index contributed by atoms with van der Waals surface area (Å²) >= 11 is 0. The highest BCUT2D eigenvalue weighted by Gasteiger charge is 2.37. The Bertz CT molecular complexity index is 552. The monoisotopic (exact) mass is 253 g/mol. The topological polar surface area (TPSA) is 32.3 Å². The molecular formula is C17H19NO. The van der Waals surface area contributed by atoms with Crippen molar-refractivity contribution >= 4 is 0 Å². The zero-order valence-electron chi connectivity index (χ0n) is 11.0. The first-order valence-electron chi connectivity index (χ1n) is 6.82. The number of aliphatic hydroxyl groups is 1. The van der Waals surface area contributed by atoms with Crippen LogP contribution < -0.4 is 5.32 Å². The van der Waals surface area contributed by atoms with Crippen molar-refractivity contribution in [3.8, 4) is 0 Å². The number of aliphatic hydroxyl groups excluding tert-OH is 1. The van der Waals surface area contributed by atoms with Crippen molar-refractivity contribution in [1.29, 1.82) is 0 Å². The molecule has 1 aliphatic heterocycles. The first-order valence-corrected chi connectivity index (χ1v) is 6.82. The van der Waals surface area contributed by atoms with Crippen molar-refractivity contribution in [1.82, 2.24) is 5.32 Å². The van der Waals surface area contributed by atoms with E-state index in [1.54, 1.807) is 0 Å². The standard InChI is InChI=1S/C17H19NO/c19-11-10-17(15-7-2-1-3-8-15)13-18-12-14-6-4-5-9-16(14)17/h1-9,18-19H,10-13H2. The van der Waals surface area contributed by atoms with E-state index in [9.17, 15) is 5.11 Å². The molecule has 2 heteroatoms. The fourth-order valence-electron chi connectivity index (χ4n) is 3.22. The highest BCUT2D eigenvalue weighted by molar-refractivity contribution is 5.46. The Kier molecular flexibility index (Phi) is 3.36. The van der Waals surface area contributed by atoms with Crippen LogP contribution in [-0.2, 0) is 12.0 Å². The molecule has 0 aromatic heterocycles. The van der Waals surface area contributed by atoms with Gasteiger partial charge in [-0.05, 0) is 23.1 Å². The van der Waals surface area contributed by atoms with Gasteiger partial charge >= 0.3 is 0 Å². The van der Waals surface area contributed by atoms with Crippen LogP contribution in [0.15, 0.2) is 54.6 Å². The second-order valence-electron chi connectivity index (χ2n) is 5.18. The summed E-state index contributed by atoms with van der Waals surface area (Å²) in [6.45, 7) is 2.00. The van der Waals surface area contributed by atoms with Crippen molar-refractivity contribution in [2.24, 2.45) is 0 Å². The number of rotatable bonds is 3. The van der Waals surface area contributed by atoms with Gasteiger partial charge in [-0.3, -0.25) is 0 Å². The largest absolute Gasteiger partial charge is 0.396 e. The van der Waals surface area contributed by atoms with Crippen LogP contribution in [0.5, 0.6) is 0 Å². The minimum atomic E-state index is -0.106. The molecular weight excluding hydrogens is 234 g/mol. The van der Waals surface area contributed by atoms with E-state index < -0.39 is 0 Å². The third-order valence-corrected chi connectivity index (χ3v) is 4.14. The molecule has 0 bridgehead atoms. The van der Waals surface area contributed by atoms with E-state index in [2.05, 4.69) is 53.8 Å². The Morgan fingerprint density at radius 2 is 1.74 bits per heavy atom. The molecule has 0 aliphatic carbocycles. The highest BCUT2D eigenvalue weighted by atomic mass is 16.3. The average Bonchev–Trinajstić information content (AvgIpc) is 2.49. The Labute approximate surface area is 114 Å². The van der Waals surface area contributed by atoms with Crippen LogP contribution in [0.2, 0.25) is 0 Å². The van der Waals surface area contributed by atoms with Crippen LogP contribution >= 0.6 is 0 Å². The molecule has 1 unspecified atom stereocenters. The van der Waals surface area contributed by atoms with Gasteiger partial charge in [0.15, 0.2) is 0 Å². The van der Waals surface area contributed by atoms with Crippen molar-refractivity contribution in [3.05, 3.63) is 71.3 Å². The van der Waals surface area contributed by atoms with Gasteiger partial charge in [0.05, 0.1) is 0 Å². The van der Waals surface area contributed by atoms with Gasteiger partial charge in [0.25, 0.3) is 0 Å². The molecule has 1 atom stereocenters. The summed E-state index contributed by atoms with van der Waals surface area (Å²) in [5, 5.41) is 13.0. The van der Waals surface area contributed by atoms with E-state index in [4.69, 9.17) is 0 Å². The van der Waals surface area contributed by atoms with Crippen LogP contribution in [0, 0.1) is 0 Å². The zero-order valence-corrected chi connectivity index (χ0v) is 11.0. The van der Waals surface area contributed by atoms with E-state index in [1.165, 1.54) is 16.7 Å². The molecule has 0 saturated carbocycles. The predicted molar refractivity (Wildman–Crippen MR) is 77.1 cm³/mol. The maximum atomic E-state index is 9.54. The Balaban J connectivity index is 2.17. The van der Waals surface area contributed by atoms with Crippen LogP contribution in [0.4, 0.5) is 0 Å². The summed E-state index contributed by atoms with van der Waals surface area (Å²) in [6, 6.07) is 19.1. The van der Waals surface area contributed by atoms with Crippen molar-refractivity contribution < 1.29 is 5.11 Å². The summed E-state index contributed by atoms with van der Waals surface area (Å²) in [6.07, 6.45) is 0.751. The molecule has 0 spiro atoms. The maximum absolute atomic E-state index is 9.54. The third-order valence-electron chi connectivity index (χ3n) is 4.14. The summed E-state index contributed by atoms with van der Waals surface area (Å²) in [5.41, 5.74) is 3.87. The molecule has 1 aliphatic rings. The smallest absolute Gasteiger partial charge is 0.0443 e. The Hall–Kier alpha value is -1.64. The number of fused-ring (bicyclic) bond motifs is 1. The number of hydrogen-bond acceptors (Lipinski definition) is 2. The van der Waals surface area contributed by atoms with Gasteiger partial charge in [0.1, 0.15) is 0 Å². The molecule has 1 heterocycles. The molecule has 2 N–H and O–H groups in total. The van der Waals surface area contributed by atoms with E-state index in [-0.39, 0.29) is 12.0 Å². The lowest BCUT2D eigenvalue weighted by atomic mass is 9.69. The highest BCUT2D eigenvalue weighted by Crippen LogP contribution is 2.39. The predicted octanol–water partition coefficient (Wildman–Crippen LogP) is 2.46. The summed E-state index contributed by atoms with van der Waals surface area (Å²) in [7, 11) is 0. The van der Waals surface area contributed by atoms with E-state index in [0.29, 0.717) is 0 Å². The lowest BCUT2D eigenvalue weighted by Crippen LogP contribution is -2.44. The number of nitrogens with one attached hydrogen (secondary N) is 1. The quantitative estimate of drug-likeness (QED) is 0.880. The Morgan fingerprint density at radius 3 is 2.53 bits per heavy atom. The molecule has 0 amide bonds. The van der Waals surface area contributed by atoms with Gasteiger partial charge in [-0.25, -0.2) is 0 Å². The minimum absolute atomic E-state index is 0.106. The van der Waals surface area contributed by atoms with Gasteiger partial charge < -0.3 is 10.4 Å². The third kappa shape index (κ3) is 2.07. The number of hydrogen-bond donors (Lipinski definition) is 2. The van der Waals surface area contributed by atoms with Crippen LogP contribution in [0.25, 0.3) is 0 Å². The summed E-state index contributed by atoms with van der Waals surface area (Å²) in [4.78, 5) is 0. The van der Waals surface area contributed by atoms with E-state index in [0.717, 1.165) is 19.5 Å². The zero-order chi connectivity index (χ0) is 13.1. The van der Waals surface area contributed by atoms with Crippen molar-refractivity contribution in [3.63, 3.8) is 0 Å². The van der Waals surface area contributed by atoms with Gasteiger partial charge in [-0.15, -0.1) is 0 Å². The first-order chi connectivity index (χ1) is 9.37. The van der Waals surface area contributed by atoms with Gasteiger partial charge in [0.2, 0.25) is 0 Å². The lowest BCUT2D eigenvalue weighted by molar-refractivity contribution is 0.244. The fourth-order valence-corrected chi connectivity index (χ4v) is 3.22. The molecule has 3 rings (SSSR count).